The van der Waals surface area contributed by atoms with Crippen molar-refractivity contribution in [3.63, 3.8) is 0 Å². The number of amides is 2. The summed E-state index contributed by atoms with van der Waals surface area (Å²) in [5.74, 6) is 0. The van der Waals surface area contributed by atoms with E-state index in [0.29, 0.717) is 6.54 Å². The lowest BCUT2D eigenvalue weighted by Gasteiger charge is -2.31. The van der Waals surface area contributed by atoms with Crippen LogP contribution in [0.25, 0.3) is 0 Å². The minimum atomic E-state index is 0.0689. The molecule has 1 aromatic heterocycles. The zero-order valence-corrected chi connectivity index (χ0v) is 11.4. The number of hydrogen-bond donors (Lipinski definition) is 1. The second kappa shape index (κ2) is 5.21. The quantitative estimate of drug-likeness (QED) is 0.853. The second-order valence-electron chi connectivity index (χ2n) is 5.50. The summed E-state index contributed by atoms with van der Waals surface area (Å²) >= 11 is 0. The van der Waals surface area contributed by atoms with E-state index in [2.05, 4.69) is 22.4 Å². The van der Waals surface area contributed by atoms with Crippen LogP contribution >= 0.6 is 0 Å². The van der Waals surface area contributed by atoms with E-state index in [9.17, 15) is 4.79 Å². The van der Waals surface area contributed by atoms with E-state index in [0.717, 1.165) is 39.0 Å². The standard InChI is InChI=1S/C13H21N5O/c1-16-9-11-4-5-15-18(11)12(10-16)8-14-13(19)17-6-2-3-7-17/h4-5,12H,2-3,6-10H2,1H3,(H,14,19)/t12-/m0/s1. The summed E-state index contributed by atoms with van der Waals surface area (Å²) in [4.78, 5) is 16.2. The van der Waals surface area contributed by atoms with Crippen LogP contribution in [0, 0.1) is 0 Å². The van der Waals surface area contributed by atoms with Crippen molar-refractivity contribution in [1.29, 1.82) is 0 Å². The van der Waals surface area contributed by atoms with Gasteiger partial charge < -0.3 is 10.2 Å². The monoisotopic (exact) mass is 263 g/mol. The van der Waals surface area contributed by atoms with Crippen LogP contribution < -0.4 is 5.32 Å². The Morgan fingerprint density at radius 3 is 3.05 bits per heavy atom. The number of carbonyl (C=O) groups excluding carboxylic acids is 1. The number of fused-ring (bicyclic) bond motifs is 1. The summed E-state index contributed by atoms with van der Waals surface area (Å²) in [5.41, 5.74) is 1.22. The zero-order chi connectivity index (χ0) is 13.2. The van der Waals surface area contributed by atoms with Gasteiger partial charge in [-0.15, -0.1) is 0 Å². The van der Waals surface area contributed by atoms with Crippen molar-refractivity contribution < 1.29 is 4.79 Å². The molecule has 3 heterocycles. The van der Waals surface area contributed by atoms with Crippen LogP contribution in [0.4, 0.5) is 4.79 Å². The van der Waals surface area contributed by atoms with Crippen LogP contribution in [0.15, 0.2) is 12.3 Å². The Morgan fingerprint density at radius 1 is 1.47 bits per heavy atom. The molecule has 0 aromatic carbocycles. The fourth-order valence-electron chi connectivity index (χ4n) is 2.96. The molecule has 1 fully saturated rings. The highest BCUT2D eigenvalue weighted by Gasteiger charge is 2.25. The maximum atomic E-state index is 12.0. The van der Waals surface area contributed by atoms with Crippen molar-refractivity contribution in [2.24, 2.45) is 0 Å². The van der Waals surface area contributed by atoms with E-state index >= 15 is 0 Å². The smallest absolute Gasteiger partial charge is 0.317 e. The van der Waals surface area contributed by atoms with Gasteiger partial charge in [0.15, 0.2) is 0 Å². The maximum Gasteiger partial charge on any atom is 0.317 e. The molecular weight excluding hydrogens is 242 g/mol. The Kier molecular flexibility index (Phi) is 3.42. The molecule has 0 bridgehead atoms. The largest absolute Gasteiger partial charge is 0.336 e. The van der Waals surface area contributed by atoms with Gasteiger partial charge in [-0.1, -0.05) is 0 Å². The lowest BCUT2D eigenvalue weighted by atomic mass is 10.2. The molecule has 0 unspecified atom stereocenters. The SMILES string of the molecule is CN1Cc2ccnn2[C@@H](CNC(=O)N2CCCC2)C1. The molecule has 2 aliphatic rings. The van der Waals surface area contributed by atoms with Crippen molar-refractivity contribution in [2.45, 2.75) is 25.4 Å². The number of carbonyl (C=O) groups is 1. The molecule has 0 radical (unpaired) electrons. The first-order valence-corrected chi connectivity index (χ1v) is 6.98. The number of likely N-dealkylation sites (N-methyl/N-ethyl adjacent to an activating group) is 1. The van der Waals surface area contributed by atoms with Gasteiger partial charge in [0.1, 0.15) is 0 Å². The van der Waals surface area contributed by atoms with Crippen LogP contribution in [-0.2, 0) is 6.54 Å². The molecule has 1 saturated heterocycles. The van der Waals surface area contributed by atoms with Crippen LogP contribution in [0.2, 0.25) is 0 Å². The molecule has 0 aliphatic carbocycles. The summed E-state index contributed by atoms with van der Waals surface area (Å²) in [7, 11) is 2.10. The third-order valence-electron chi connectivity index (χ3n) is 3.93. The molecule has 19 heavy (non-hydrogen) atoms. The van der Waals surface area contributed by atoms with E-state index < -0.39 is 0 Å². The lowest BCUT2D eigenvalue weighted by Crippen LogP contribution is -2.45. The van der Waals surface area contributed by atoms with Gasteiger partial charge in [0.2, 0.25) is 0 Å². The topological polar surface area (TPSA) is 53.4 Å². The van der Waals surface area contributed by atoms with E-state index in [1.54, 1.807) is 0 Å². The Balaban J connectivity index is 1.60. The van der Waals surface area contributed by atoms with Crippen LogP contribution in [0.3, 0.4) is 0 Å². The molecular formula is C13H21N5O. The third kappa shape index (κ3) is 2.58. The molecule has 1 atom stereocenters. The molecule has 1 aromatic rings. The highest BCUT2D eigenvalue weighted by molar-refractivity contribution is 5.74. The van der Waals surface area contributed by atoms with Gasteiger partial charge in [-0.25, -0.2) is 4.79 Å². The van der Waals surface area contributed by atoms with E-state index in [1.165, 1.54) is 5.69 Å². The molecule has 6 heteroatoms. The highest BCUT2D eigenvalue weighted by atomic mass is 16.2. The van der Waals surface area contributed by atoms with Gasteiger partial charge in [0.05, 0.1) is 11.7 Å². The summed E-state index contributed by atoms with van der Waals surface area (Å²) in [6, 6.07) is 2.35. The van der Waals surface area contributed by atoms with Crippen molar-refractivity contribution in [2.75, 3.05) is 33.2 Å². The van der Waals surface area contributed by atoms with Crippen LogP contribution in [0.1, 0.15) is 24.6 Å². The number of hydrogen-bond acceptors (Lipinski definition) is 3. The van der Waals surface area contributed by atoms with E-state index in [1.807, 2.05) is 21.8 Å². The summed E-state index contributed by atoms with van der Waals surface area (Å²) < 4.78 is 2.05. The average Bonchev–Trinajstić information content (AvgIpc) is 3.05. The second-order valence-corrected chi connectivity index (χ2v) is 5.50. The Bertz CT molecular complexity index is 452. The average molecular weight is 263 g/mol. The van der Waals surface area contributed by atoms with Crippen LogP contribution in [0.5, 0.6) is 0 Å². The summed E-state index contributed by atoms with van der Waals surface area (Å²) in [6.07, 6.45) is 4.09. The first kappa shape index (κ1) is 12.5. The first-order valence-electron chi connectivity index (χ1n) is 6.98. The van der Waals surface area contributed by atoms with Gasteiger partial charge in [-0.05, 0) is 26.0 Å². The van der Waals surface area contributed by atoms with Gasteiger partial charge >= 0.3 is 6.03 Å². The first-order chi connectivity index (χ1) is 9.24. The Morgan fingerprint density at radius 2 is 2.26 bits per heavy atom. The summed E-state index contributed by atoms with van der Waals surface area (Å²) in [5, 5.41) is 7.42. The minimum Gasteiger partial charge on any atom is -0.336 e. The van der Waals surface area contributed by atoms with Crippen molar-refractivity contribution in [3.8, 4) is 0 Å². The molecule has 0 spiro atoms. The molecule has 3 rings (SSSR count). The number of nitrogens with one attached hydrogen (secondary N) is 1. The Hall–Kier alpha value is -1.56. The van der Waals surface area contributed by atoms with Gasteiger partial charge in [0, 0.05) is 38.9 Å². The third-order valence-corrected chi connectivity index (χ3v) is 3.93. The number of likely N-dealkylation sites (tertiary alicyclic amines) is 1. The molecule has 104 valence electrons. The fraction of sp³-hybridized carbons (Fsp3) is 0.692. The van der Waals surface area contributed by atoms with Gasteiger partial charge in [-0.3, -0.25) is 9.58 Å². The van der Waals surface area contributed by atoms with E-state index in [-0.39, 0.29) is 12.1 Å². The van der Waals surface area contributed by atoms with Crippen molar-refractivity contribution in [3.05, 3.63) is 18.0 Å². The highest BCUT2D eigenvalue weighted by Crippen LogP contribution is 2.18. The Labute approximate surface area is 113 Å². The van der Waals surface area contributed by atoms with Gasteiger partial charge in [-0.2, -0.15) is 5.10 Å². The minimum absolute atomic E-state index is 0.0689. The number of aromatic nitrogens is 2. The number of rotatable bonds is 2. The van der Waals surface area contributed by atoms with Crippen LogP contribution in [-0.4, -0.2) is 58.8 Å². The fourth-order valence-corrected chi connectivity index (χ4v) is 2.96. The molecule has 2 amide bonds. The molecule has 1 N–H and O–H groups in total. The normalized spacial score (nSPS) is 23.4. The number of nitrogens with zero attached hydrogens (tertiary/aromatic N) is 4. The maximum absolute atomic E-state index is 12.0. The number of urea groups is 1. The molecule has 6 nitrogen and oxygen atoms in total. The van der Waals surface area contributed by atoms with E-state index in [4.69, 9.17) is 0 Å². The van der Waals surface area contributed by atoms with Crippen molar-refractivity contribution in [1.82, 2.24) is 24.9 Å². The summed E-state index contributed by atoms with van der Waals surface area (Å²) in [6.45, 7) is 4.28. The predicted molar refractivity (Wildman–Crippen MR) is 71.8 cm³/mol. The predicted octanol–water partition coefficient (Wildman–Crippen LogP) is 0.675. The van der Waals surface area contributed by atoms with Gasteiger partial charge in [0.25, 0.3) is 0 Å². The lowest BCUT2D eigenvalue weighted by molar-refractivity contribution is 0.189. The van der Waals surface area contributed by atoms with Crippen molar-refractivity contribution >= 4 is 6.03 Å². The molecule has 0 saturated carbocycles. The zero-order valence-electron chi connectivity index (χ0n) is 11.4. The molecule has 2 aliphatic heterocycles.